The Morgan fingerprint density at radius 2 is 1.94 bits per heavy atom. The van der Waals surface area contributed by atoms with Crippen LogP contribution in [0.2, 0.25) is 5.02 Å². The molecule has 1 rings (SSSR count). The predicted octanol–water partition coefficient (Wildman–Crippen LogP) is 3.68. The molecule has 94 valence electrons. The van der Waals surface area contributed by atoms with Crippen LogP contribution in [0.15, 0.2) is 12.1 Å². The van der Waals surface area contributed by atoms with Gasteiger partial charge in [0.1, 0.15) is 11.7 Å². The summed E-state index contributed by atoms with van der Waals surface area (Å²) in [6, 6.07) is 0.768. The van der Waals surface area contributed by atoms with Crippen LogP contribution in [0, 0.1) is 5.82 Å². The molecule has 0 saturated carbocycles. The Labute approximate surface area is 104 Å². The van der Waals surface area contributed by atoms with Gasteiger partial charge in [-0.05, 0) is 12.1 Å². The van der Waals surface area contributed by atoms with Crippen LogP contribution in [0.3, 0.4) is 0 Å². The largest absolute Gasteiger partial charge is 0.416 e. The number of rotatable bonds is 2. The van der Waals surface area contributed by atoms with Crippen molar-refractivity contribution in [2.75, 3.05) is 11.2 Å². The normalized spacial score (nSPS) is 11.4. The van der Waals surface area contributed by atoms with Crippen molar-refractivity contribution in [3.05, 3.63) is 28.5 Å². The molecule has 0 radical (unpaired) electrons. The zero-order valence-electron chi connectivity index (χ0n) is 8.04. The highest BCUT2D eigenvalue weighted by atomic mass is 35.5. The quantitative estimate of drug-likeness (QED) is 0.653. The lowest BCUT2D eigenvalue weighted by atomic mass is 10.2. The molecule has 2 nitrogen and oxygen atoms in total. The highest BCUT2D eigenvalue weighted by Gasteiger charge is 2.32. The number of alkyl halides is 4. The number of hydrogen-bond acceptors (Lipinski definition) is 1. The standard InChI is InChI=1S/C9H5Cl2F4NO/c10-3-7(17)16-8-5(11)1-4(2-6(8)12)9(13,14)15/h1-2H,3H2,(H,16,17). The number of anilines is 1. The SMILES string of the molecule is O=C(CCl)Nc1c(F)cc(C(F)(F)F)cc1Cl. The van der Waals surface area contributed by atoms with Gasteiger partial charge in [0.2, 0.25) is 5.91 Å². The minimum atomic E-state index is -4.71. The van der Waals surface area contributed by atoms with Crippen LogP contribution < -0.4 is 5.32 Å². The first-order valence-electron chi connectivity index (χ1n) is 4.17. The molecule has 0 saturated heterocycles. The van der Waals surface area contributed by atoms with Crippen molar-refractivity contribution in [2.45, 2.75) is 6.18 Å². The molecule has 1 N–H and O–H groups in total. The van der Waals surface area contributed by atoms with Crippen LogP contribution in [-0.4, -0.2) is 11.8 Å². The van der Waals surface area contributed by atoms with E-state index < -0.39 is 40.1 Å². The van der Waals surface area contributed by atoms with Gasteiger partial charge in [-0.15, -0.1) is 11.6 Å². The molecule has 0 aliphatic carbocycles. The Kier molecular flexibility index (Phi) is 4.21. The summed E-state index contributed by atoms with van der Waals surface area (Å²) < 4.78 is 50.1. The number of carbonyl (C=O) groups excluding carboxylic acids is 1. The highest BCUT2D eigenvalue weighted by Crippen LogP contribution is 2.35. The topological polar surface area (TPSA) is 29.1 Å². The lowest BCUT2D eigenvalue weighted by molar-refractivity contribution is -0.137. The van der Waals surface area contributed by atoms with Crippen molar-refractivity contribution >= 4 is 34.8 Å². The number of carbonyl (C=O) groups is 1. The minimum absolute atomic E-state index is 0.246. The lowest BCUT2D eigenvalue weighted by Gasteiger charge is -2.11. The van der Waals surface area contributed by atoms with Crippen LogP contribution in [0.1, 0.15) is 5.56 Å². The van der Waals surface area contributed by atoms with Crippen LogP contribution in [0.4, 0.5) is 23.2 Å². The zero-order valence-corrected chi connectivity index (χ0v) is 9.55. The maximum absolute atomic E-state index is 13.3. The van der Waals surface area contributed by atoms with Crippen LogP contribution in [-0.2, 0) is 11.0 Å². The predicted molar refractivity (Wildman–Crippen MR) is 55.8 cm³/mol. The molecule has 0 bridgehead atoms. The highest BCUT2D eigenvalue weighted by molar-refractivity contribution is 6.34. The molecule has 1 aromatic carbocycles. The molecule has 0 heterocycles. The third-order valence-electron chi connectivity index (χ3n) is 1.76. The molecule has 0 unspecified atom stereocenters. The van der Waals surface area contributed by atoms with Crippen LogP contribution in [0.5, 0.6) is 0 Å². The van der Waals surface area contributed by atoms with Crippen molar-refractivity contribution in [3.8, 4) is 0 Å². The van der Waals surface area contributed by atoms with Crippen molar-refractivity contribution in [1.82, 2.24) is 0 Å². The summed E-state index contributed by atoms with van der Waals surface area (Å²) >= 11 is 10.6. The first-order valence-corrected chi connectivity index (χ1v) is 5.09. The van der Waals surface area contributed by atoms with Gasteiger partial charge in [0, 0.05) is 0 Å². The van der Waals surface area contributed by atoms with Crippen molar-refractivity contribution in [1.29, 1.82) is 0 Å². The van der Waals surface area contributed by atoms with E-state index in [4.69, 9.17) is 23.2 Å². The molecule has 8 heteroatoms. The molecule has 0 aliphatic heterocycles. The molecule has 0 aliphatic rings. The van der Waals surface area contributed by atoms with E-state index in [-0.39, 0.29) is 6.07 Å². The van der Waals surface area contributed by atoms with E-state index in [0.29, 0.717) is 6.07 Å². The van der Waals surface area contributed by atoms with Gasteiger partial charge >= 0.3 is 6.18 Å². The number of benzene rings is 1. The third kappa shape index (κ3) is 3.47. The summed E-state index contributed by atoms with van der Waals surface area (Å²) in [5, 5.41) is 1.42. The van der Waals surface area contributed by atoms with Crippen LogP contribution >= 0.6 is 23.2 Å². The van der Waals surface area contributed by atoms with E-state index >= 15 is 0 Å². The fraction of sp³-hybridized carbons (Fsp3) is 0.222. The number of amides is 1. The monoisotopic (exact) mass is 289 g/mol. The lowest BCUT2D eigenvalue weighted by Crippen LogP contribution is -2.15. The van der Waals surface area contributed by atoms with Gasteiger partial charge in [-0.1, -0.05) is 11.6 Å². The average molecular weight is 290 g/mol. The zero-order chi connectivity index (χ0) is 13.2. The Morgan fingerprint density at radius 3 is 2.35 bits per heavy atom. The Hall–Kier alpha value is -1.01. The maximum Gasteiger partial charge on any atom is 0.416 e. The first kappa shape index (κ1) is 14.1. The van der Waals surface area contributed by atoms with E-state index in [0.717, 1.165) is 0 Å². The Morgan fingerprint density at radius 1 is 1.35 bits per heavy atom. The third-order valence-corrected chi connectivity index (χ3v) is 2.30. The molecular weight excluding hydrogens is 285 g/mol. The van der Waals surface area contributed by atoms with Gasteiger partial charge < -0.3 is 5.32 Å². The van der Waals surface area contributed by atoms with E-state index in [2.05, 4.69) is 0 Å². The second-order valence-electron chi connectivity index (χ2n) is 2.99. The van der Waals surface area contributed by atoms with E-state index in [1.54, 1.807) is 0 Å². The summed E-state index contributed by atoms with van der Waals surface area (Å²) in [5.41, 5.74) is -1.76. The average Bonchev–Trinajstić information content (AvgIpc) is 2.21. The molecule has 0 spiro atoms. The molecule has 17 heavy (non-hydrogen) atoms. The second-order valence-corrected chi connectivity index (χ2v) is 3.67. The summed E-state index contributed by atoms with van der Waals surface area (Å²) in [6.07, 6.45) is -4.71. The van der Waals surface area contributed by atoms with E-state index in [1.807, 2.05) is 5.32 Å². The van der Waals surface area contributed by atoms with Crippen molar-refractivity contribution < 1.29 is 22.4 Å². The van der Waals surface area contributed by atoms with Gasteiger partial charge in [-0.2, -0.15) is 13.2 Å². The van der Waals surface area contributed by atoms with Crippen molar-refractivity contribution in [3.63, 3.8) is 0 Å². The van der Waals surface area contributed by atoms with Gasteiger partial charge in [0.15, 0.2) is 0 Å². The van der Waals surface area contributed by atoms with E-state index in [9.17, 15) is 22.4 Å². The Balaban J connectivity index is 3.15. The summed E-state index contributed by atoms with van der Waals surface area (Å²) in [6.45, 7) is 0. The van der Waals surface area contributed by atoms with E-state index in [1.165, 1.54) is 0 Å². The molecule has 1 aromatic rings. The van der Waals surface area contributed by atoms with Gasteiger partial charge in [0.05, 0.1) is 16.3 Å². The number of hydrogen-bond donors (Lipinski definition) is 1. The fourth-order valence-electron chi connectivity index (χ4n) is 1.03. The first-order chi connectivity index (χ1) is 7.75. The van der Waals surface area contributed by atoms with Crippen molar-refractivity contribution in [2.24, 2.45) is 0 Å². The molecule has 1 amide bonds. The van der Waals surface area contributed by atoms with Gasteiger partial charge in [0.25, 0.3) is 0 Å². The maximum atomic E-state index is 13.3. The minimum Gasteiger partial charge on any atom is -0.321 e. The second kappa shape index (κ2) is 5.10. The summed E-state index contributed by atoms with van der Waals surface area (Å²) in [7, 11) is 0. The number of nitrogens with one attached hydrogen (secondary N) is 1. The van der Waals surface area contributed by atoms with Gasteiger partial charge in [-0.25, -0.2) is 4.39 Å². The molecule has 0 fully saturated rings. The molecule has 0 atom stereocenters. The summed E-state index contributed by atoms with van der Waals surface area (Å²) in [5.74, 6) is -2.51. The Bertz CT molecular complexity index is 424. The fourth-order valence-corrected chi connectivity index (χ4v) is 1.35. The smallest absolute Gasteiger partial charge is 0.321 e. The summed E-state index contributed by atoms with van der Waals surface area (Å²) in [4.78, 5) is 10.9. The van der Waals surface area contributed by atoms with Gasteiger partial charge in [-0.3, -0.25) is 4.79 Å². The number of halogens is 6. The molecule has 0 aromatic heterocycles. The van der Waals surface area contributed by atoms with Crippen LogP contribution in [0.25, 0.3) is 0 Å². The molecular formula is C9H5Cl2F4NO.